The van der Waals surface area contributed by atoms with E-state index in [0.29, 0.717) is 0 Å². The Morgan fingerprint density at radius 2 is 2.38 bits per heavy atom. The molecule has 2 heterocycles. The first-order valence-corrected chi connectivity index (χ1v) is 5.95. The number of nitrogens with zero attached hydrogens (tertiary/aromatic N) is 3. The second-order valence-corrected chi connectivity index (χ2v) is 4.92. The van der Waals surface area contributed by atoms with Crippen molar-refractivity contribution in [2.24, 2.45) is 5.16 Å². The lowest BCUT2D eigenvalue weighted by Crippen LogP contribution is -2.47. The molecule has 1 aliphatic heterocycles. The number of hydrogen-bond acceptors (Lipinski definition) is 7. The van der Waals surface area contributed by atoms with Crippen LogP contribution in [0.3, 0.4) is 0 Å². The van der Waals surface area contributed by atoms with E-state index in [1.165, 1.54) is 6.07 Å². The number of aliphatic hydroxyl groups excluding tert-OH is 2. The summed E-state index contributed by atoms with van der Waals surface area (Å²) >= 11 is 5.59. The molecular weight excluding hydrogens is 311 g/mol. The van der Waals surface area contributed by atoms with Gasteiger partial charge < -0.3 is 20.2 Å². The highest BCUT2D eigenvalue weighted by Crippen LogP contribution is 2.48. The molecule has 114 valence electrons. The van der Waals surface area contributed by atoms with E-state index in [9.17, 15) is 19.4 Å². The van der Waals surface area contributed by atoms with Gasteiger partial charge in [-0.2, -0.15) is 5.26 Å². The number of aliphatic hydroxyl groups is 2. The van der Waals surface area contributed by atoms with Crippen LogP contribution in [0.15, 0.2) is 22.2 Å². The molecule has 9 nitrogen and oxygen atoms in total. The van der Waals surface area contributed by atoms with Gasteiger partial charge in [-0.25, -0.2) is 4.39 Å². The van der Waals surface area contributed by atoms with Gasteiger partial charge in [-0.3, -0.25) is 14.3 Å². The van der Waals surface area contributed by atoms with Gasteiger partial charge in [0.1, 0.15) is 6.07 Å². The van der Waals surface area contributed by atoms with E-state index in [4.69, 9.17) is 26.8 Å². The molecule has 0 saturated carbocycles. The van der Waals surface area contributed by atoms with Crippen molar-refractivity contribution in [1.29, 1.82) is 5.26 Å². The van der Waals surface area contributed by atoms with Crippen LogP contribution in [0.25, 0.3) is 0 Å². The summed E-state index contributed by atoms with van der Waals surface area (Å²) < 4.78 is 20.3. The molecule has 21 heavy (non-hydrogen) atoms. The lowest BCUT2D eigenvalue weighted by Gasteiger charge is -2.23. The SMILES string of the molecule is N#C[C@]1(CO)O[C@@H](n2ccc(=O)[nH]/c2=N\O)[C@@](F)(Cl)[C@@H]1O. The van der Waals surface area contributed by atoms with Gasteiger partial charge in [-0.05, 0) is 0 Å². The Kier molecular flexibility index (Phi) is 3.77. The van der Waals surface area contributed by atoms with Crippen LogP contribution in [0, 0.1) is 11.3 Å². The number of aromatic amines is 1. The molecule has 4 N–H and O–H groups in total. The lowest BCUT2D eigenvalue weighted by atomic mass is 9.98. The Morgan fingerprint density at radius 1 is 1.71 bits per heavy atom. The van der Waals surface area contributed by atoms with Crippen molar-refractivity contribution in [2.45, 2.75) is 23.1 Å². The minimum Gasteiger partial charge on any atom is -0.408 e. The Balaban J connectivity index is 2.61. The van der Waals surface area contributed by atoms with Crippen LogP contribution in [-0.4, -0.2) is 48.4 Å². The maximum Gasteiger partial charge on any atom is 0.257 e. The quantitative estimate of drug-likeness (QED) is 0.297. The zero-order chi connectivity index (χ0) is 15.8. The predicted octanol–water partition coefficient (Wildman–Crippen LogP) is -1.48. The second-order valence-electron chi connectivity index (χ2n) is 4.34. The highest BCUT2D eigenvalue weighted by Gasteiger charge is 2.65. The molecule has 1 saturated heterocycles. The molecule has 4 atom stereocenters. The topological polar surface area (TPSA) is 144 Å². The van der Waals surface area contributed by atoms with E-state index in [0.717, 1.165) is 16.8 Å². The van der Waals surface area contributed by atoms with Gasteiger partial charge in [-0.1, -0.05) is 16.8 Å². The zero-order valence-electron chi connectivity index (χ0n) is 10.3. The Morgan fingerprint density at radius 3 is 2.86 bits per heavy atom. The van der Waals surface area contributed by atoms with Gasteiger partial charge in [0.15, 0.2) is 12.3 Å². The van der Waals surface area contributed by atoms with Crippen LogP contribution in [0.2, 0.25) is 0 Å². The summed E-state index contributed by atoms with van der Waals surface area (Å²) in [5.41, 5.74) is -3.46. The van der Waals surface area contributed by atoms with E-state index >= 15 is 0 Å². The van der Waals surface area contributed by atoms with Crippen LogP contribution in [0.1, 0.15) is 6.23 Å². The summed E-state index contributed by atoms with van der Waals surface area (Å²) in [6.45, 7) is -1.02. The molecule has 11 heteroatoms. The number of halogens is 2. The fourth-order valence-corrected chi connectivity index (χ4v) is 2.30. The molecule has 0 amide bonds. The molecule has 0 radical (unpaired) electrons. The lowest BCUT2D eigenvalue weighted by molar-refractivity contribution is -0.0948. The van der Waals surface area contributed by atoms with E-state index in [1.54, 1.807) is 0 Å². The van der Waals surface area contributed by atoms with Crippen molar-refractivity contribution < 1.29 is 24.5 Å². The van der Waals surface area contributed by atoms with Crippen LogP contribution < -0.4 is 11.2 Å². The van der Waals surface area contributed by atoms with E-state index in [1.807, 2.05) is 0 Å². The molecule has 0 spiro atoms. The maximum atomic E-state index is 14.5. The van der Waals surface area contributed by atoms with Crippen molar-refractivity contribution in [3.05, 3.63) is 28.2 Å². The minimum atomic E-state index is -3.01. The molecular formula is C10H10ClFN4O5. The first kappa shape index (κ1) is 15.5. The number of H-pyrrole nitrogens is 1. The Hall–Kier alpha value is -1.93. The summed E-state index contributed by atoms with van der Waals surface area (Å²) in [4.78, 5) is 13.2. The van der Waals surface area contributed by atoms with E-state index in [-0.39, 0.29) is 0 Å². The fraction of sp³-hybridized carbons (Fsp3) is 0.500. The molecule has 0 bridgehead atoms. The standard InChI is InChI=1S/C10H10ClFN4O5/c11-10(12)6(19)9(3-13,4-17)21-7(10)16-2-1-5(18)14-8(16)15-20/h1-2,6-7,17,19-20H,4H2,(H,14,15,18)/t6-,7-,9-,10-/m1/s1. The third-order valence-corrected chi connectivity index (χ3v) is 3.49. The number of aromatic nitrogens is 2. The number of ether oxygens (including phenoxy) is 1. The molecule has 2 rings (SSSR count). The number of rotatable bonds is 2. The summed E-state index contributed by atoms with van der Waals surface area (Å²) in [7, 11) is 0. The molecule has 0 aromatic carbocycles. The van der Waals surface area contributed by atoms with Gasteiger partial charge >= 0.3 is 0 Å². The minimum absolute atomic E-state index is 0.519. The summed E-state index contributed by atoms with van der Waals surface area (Å²) in [6, 6.07) is 2.42. The first-order chi connectivity index (χ1) is 9.82. The van der Waals surface area contributed by atoms with E-state index < -0.39 is 40.8 Å². The predicted molar refractivity (Wildman–Crippen MR) is 63.7 cm³/mol. The largest absolute Gasteiger partial charge is 0.408 e. The number of nitriles is 1. The van der Waals surface area contributed by atoms with Crippen LogP contribution >= 0.6 is 11.6 Å². The number of alkyl halides is 2. The molecule has 1 aromatic heterocycles. The van der Waals surface area contributed by atoms with Crippen LogP contribution in [0.5, 0.6) is 0 Å². The van der Waals surface area contributed by atoms with Gasteiger partial charge in [-0.15, -0.1) is 0 Å². The van der Waals surface area contributed by atoms with Crippen molar-refractivity contribution in [1.82, 2.24) is 9.55 Å². The van der Waals surface area contributed by atoms with Crippen LogP contribution in [0.4, 0.5) is 4.39 Å². The number of hydrogen-bond donors (Lipinski definition) is 4. The monoisotopic (exact) mass is 320 g/mol. The average Bonchev–Trinajstić information content (AvgIpc) is 2.68. The number of nitrogens with one attached hydrogen (secondary N) is 1. The van der Waals surface area contributed by atoms with E-state index in [2.05, 4.69) is 10.1 Å². The second kappa shape index (κ2) is 5.12. The summed E-state index contributed by atoms with van der Waals surface area (Å²) in [5, 5.41) is 36.5. The molecule has 0 unspecified atom stereocenters. The smallest absolute Gasteiger partial charge is 0.257 e. The zero-order valence-corrected chi connectivity index (χ0v) is 11.0. The molecule has 1 fully saturated rings. The van der Waals surface area contributed by atoms with Gasteiger partial charge in [0.05, 0.1) is 6.61 Å². The summed E-state index contributed by atoms with van der Waals surface area (Å²) in [5.74, 6) is 0. The normalized spacial score (nSPS) is 36.6. The van der Waals surface area contributed by atoms with Gasteiger partial charge in [0, 0.05) is 12.3 Å². The molecule has 1 aromatic rings. The van der Waals surface area contributed by atoms with Crippen molar-refractivity contribution in [2.75, 3.05) is 6.61 Å². The van der Waals surface area contributed by atoms with Crippen LogP contribution in [-0.2, 0) is 4.74 Å². The first-order valence-electron chi connectivity index (χ1n) is 5.58. The van der Waals surface area contributed by atoms with Crippen molar-refractivity contribution in [3.63, 3.8) is 0 Å². The maximum absolute atomic E-state index is 14.5. The third-order valence-electron chi connectivity index (χ3n) is 3.10. The Labute approximate surface area is 121 Å². The average molecular weight is 321 g/mol. The highest BCUT2D eigenvalue weighted by atomic mass is 35.5. The van der Waals surface area contributed by atoms with Gasteiger partial charge in [0.2, 0.25) is 11.2 Å². The Bertz CT molecular complexity index is 710. The van der Waals surface area contributed by atoms with Crippen molar-refractivity contribution in [3.8, 4) is 6.07 Å². The summed E-state index contributed by atoms with van der Waals surface area (Å²) in [6.07, 6.45) is -3.02. The molecule has 0 aliphatic carbocycles. The highest BCUT2D eigenvalue weighted by molar-refractivity contribution is 6.23. The fourth-order valence-electron chi connectivity index (χ4n) is 1.98. The third kappa shape index (κ3) is 2.20. The van der Waals surface area contributed by atoms with Crippen molar-refractivity contribution >= 4 is 11.6 Å². The molecule has 1 aliphatic rings. The van der Waals surface area contributed by atoms with Gasteiger partial charge in [0.25, 0.3) is 10.7 Å².